The van der Waals surface area contributed by atoms with Gasteiger partial charge in [-0.3, -0.25) is 4.79 Å². The topological polar surface area (TPSA) is 71.3 Å². The molecule has 0 atom stereocenters. The average molecular weight is 314 g/mol. The molecular formula is C17H15FN2O3. The van der Waals surface area contributed by atoms with E-state index in [4.69, 9.17) is 14.7 Å². The van der Waals surface area contributed by atoms with Crippen LogP contribution in [0.4, 0.5) is 4.39 Å². The highest BCUT2D eigenvalue weighted by atomic mass is 19.1. The van der Waals surface area contributed by atoms with Gasteiger partial charge in [-0.05, 0) is 24.3 Å². The standard InChI is InChI=1S/C17H15FN2O3/c18-14-6-2-4-8-16(14)22-10-9-20-17(21)12-23-15-7-3-1-5-13(15)11-19/h1-8H,9-10,12H2,(H,20,21). The molecule has 5 nitrogen and oxygen atoms in total. The van der Waals surface area contributed by atoms with Gasteiger partial charge in [0.1, 0.15) is 18.4 Å². The van der Waals surface area contributed by atoms with Gasteiger partial charge in [-0.25, -0.2) is 4.39 Å². The van der Waals surface area contributed by atoms with E-state index in [0.717, 1.165) is 0 Å². The van der Waals surface area contributed by atoms with Crippen molar-refractivity contribution in [1.29, 1.82) is 5.26 Å². The van der Waals surface area contributed by atoms with Gasteiger partial charge in [0.15, 0.2) is 18.2 Å². The van der Waals surface area contributed by atoms with E-state index in [-0.39, 0.29) is 31.4 Å². The summed E-state index contributed by atoms with van der Waals surface area (Å²) in [5.74, 6) is -0.307. The van der Waals surface area contributed by atoms with Crippen LogP contribution in [0.1, 0.15) is 5.56 Å². The fourth-order valence-electron chi connectivity index (χ4n) is 1.79. The molecule has 2 aromatic rings. The van der Waals surface area contributed by atoms with Crippen LogP contribution in [0.15, 0.2) is 48.5 Å². The molecule has 0 aromatic heterocycles. The Balaban J connectivity index is 1.70. The van der Waals surface area contributed by atoms with Crippen LogP contribution in [-0.4, -0.2) is 25.7 Å². The highest BCUT2D eigenvalue weighted by Gasteiger charge is 2.06. The van der Waals surface area contributed by atoms with Gasteiger partial charge in [-0.15, -0.1) is 0 Å². The van der Waals surface area contributed by atoms with Crippen LogP contribution in [0.5, 0.6) is 11.5 Å². The monoisotopic (exact) mass is 314 g/mol. The lowest BCUT2D eigenvalue weighted by molar-refractivity contribution is -0.123. The van der Waals surface area contributed by atoms with Gasteiger partial charge >= 0.3 is 0 Å². The van der Waals surface area contributed by atoms with Crippen LogP contribution in [-0.2, 0) is 4.79 Å². The number of carbonyl (C=O) groups excluding carboxylic acids is 1. The molecule has 0 radical (unpaired) electrons. The lowest BCUT2D eigenvalue weighted by Crippen LogP contribution is -2.32. The number of nitriles is 1. The van der Waals surface area contributed by atoms with E-state index in [1.54, 1.807) is 36.4 Å². The Bertz CT molecular complexity index is 713. The van der Waals surface area contributed by atoms with Gasteiger partial charge in [0.05, 0.1) is 12.1 Å². The van der Waals surface area contributed by atoms with E-state index in [2.05, 4.69) is 5.32 Å². The van der Waals surface area contributed by atoms with Gasteiger partial charge in [0, 0.05) is 0 Å². The zero-order valence-corrected chi connectivity index (χ0v) is 12.3. The first kappa shape index (κ1) is 16.3. The molecule has 6 heteroatoms. The first-order valence-corrected chi connectivity index (χ1v) is 6.96. The molecule has 23 heavy (non-hydrogen) atoms. The van der Waals surface area contributed by atoms with Gasteiger partial charge in [-0.2, -0.15) is 5.26 Å². The molecule has 0 heterocycles. The Morgan fingerprint density at radius 3 is 2.52 bits per heavy atom. The minimum atomic E-state index is -0.449. The normalized spacial score (nSPS) is 9.74. The molecule has 1 N–H and O–H groups in total. The number of halogens is 1. The molecule has 0 bridgehead atoms. The zero-order valence-electron chi connectivity index (χ0n) is 12.3. The van der Waals surface area contributed by atoms with E-state index < -0.39 is 5.82 Å². The minimum Gasteiger partial charge on any atom is -0.489 e. The third kappa shape index (κ3) is 5.00. The minimum absolute atomic E-state index is 0.140. The SMILES string of the molecule is N#Cc1ccccc1OCC(=O)NCCOc1ccccc1F. The Kier molecular flexibility index (Phi) is 5.95. The molecule has 0 fully saturated rings. The van der Waals surface area contributed by atoms with Crippen molar-refractivity contribution < 1.29 is 18.7 Å². The maximum absolute atomic E-state index is 13.3. The Hall–Kier alpha value is -3.07. The molecule has 2 rings (SSSR count). The number of benzene rings is 2. The second-order valence-electron chi connectivity index (χ2n) is 4.53. The van der Waals surface area contributed by atoms with E-state index in [0.29, 0.717) is 11.3 Å². The van der Waals surface area contributed by atoms with E-state index in [1.807, 2.05) is 6.07 Å². The number of ether oxygens (including phenoxy) is 2. The maximum atomic E-state index is 13.3. The summed E-state index contributed by atoms with van der Waals surface area (Å²) < 4.78 is 23.8. The first-order valence-electron chi connectivity index (χ1n) is 6.96. The molecule has 0 spiro atoms. The third-order valence-corrected chi connectivity index (χ3v) is 2.88. The molecule has 1 amide bonds. The Labute approximate surface area is 133 Å². The fourth-order valence-corrected chi connectivity index (χ4v) is 1.79. The van der Waals surface area contributed by atoms with Crippen molar-refractivity contribution in [3.63, 3.8) is 0 Å². The van der Waals surface area contributed by atoms with Gasteiger partial charge in [0.25, 0.3) is 5.91 Å². The number of carbonyl (C=O) groups is 1. The van der Waals surface area contributed by atoms with Crippen molar-refractivity contribution in [3.05, 3.63) is 59.9 Å². The molecule has 0 aliphatic carbocycles. The summed E-state index contributed by atoms with van der Waals surface area (Å²) in [6.07, 6.45) is 0. The Morgan fingerprint density at radius 1 is 1.09 bits per heavy atom. The van der Waals surface area contributed by atoms with Crippen LogP contribution in [0.2, 0.25) is 0 Å². The summed E-state index contributed by atoms with van der Waals surface area (Å²) in [5, 5.41) is 11.5. The van der Waals surface area contributed by atoms with Crippen molar-refractivity contribution >= 4 is 5.91 Å². The number of nitrogens with zero attached hydrogens (tertiary/aromatic N) is 1. The number of amides is 1. The number of para-hydroxylation sites is 2. The van der Waals surface area contributed by atoms with Crippen molar-refractivity contribution in [2.75, 3.05) is 19.8 Å². The second-order valence-corrected chi connectivity index (χ2v) is 4.53. The van der Waals surface area contributed by atoms with Crippen molar-refractivity contribution in [3.8, 4) is 17.6 Å². The van der Waals surface area contributed by atoms with Gasteiger partial charge in [-0.1, -0.05) is 24.3 Å². The third-order valence-electron chi connectivity index (χ3n) is 2.88. The molecule has 0 saturated heterocycles. The quantitative estimate of drug-likeness (QED) is 0.796. The second kappa shape index (κ2) is 8.39. The van der Waals surface area contributed by atoms with E-state index in [9.17, 15) is 9.18 Å². The van der Waals surface area contributed by atoms with Crippen LogP contribution >= 0.6 is 0 Å². The van der Waals surface area contributed by atoms with Crippen LogP contribution < -0.4 is 14.8 Å². The predicted octanol–water partition coefficient (Wildman–Crippen LogP) is 2.27. The number of hydrogen-bond donors (Lipinski definition) is 1. The summed E-state index contributed by atoms with van der Waals surface area (Å²) >= 11 is 0. The van der Waals surface area contributed by atoms with Crippen LogP contribution in [0.25, 0.3) is 0 Å². The molecule has 118 valence electrons. The smallest absolute Gasteiger partial charge is 0.258 e. The molecule has 2 aromatic carbocycles. The number of rotatable bonds is 7. The van der Waals surface area contributed by atoms with Gasteiger partial charge in [0.2, 0.25) is 0 Å². The summed E-state index contributed by atoms with van der Waals surface area (Å²) in [6.45, 7) is 0.149. The van der Waals surface area contributed by atoms with Crippen molar-refractivity contribution in [2.24, 2.45) is 0 Å². The molecule has 0 unspecified atom stereocenters. The van der Waals surface area contributed by atoms with Crippen molar-refractivity contribution in [1.82, 2.24) is 5.32 Å². The highest BCUT2D eigenvalue weighted by molar-refractivity contribution is 5.77. The summed E-state index contributed by atoms with van der Waals surface area (Å²) in [6, 6.07) is 14.7. The molecular weight excluding hydrogens is 299 g/mol. The largest absolute Gasteiger partial charge is 0.489 e. The zero-order chi connectivity index (χ0) is 16.5. The number of nitrogens with one attached hydrogen (secondary N) is 1. The number of hydrogen-bond acceptors (Lipinski definition) is 4. The molecule has 0 aliphatic rings. The average Bonchev–Trinajstić information content (AvgIpc) is 2.58. The first-order chi connectivity index (χ1) is 11.2. The Morgan fingerprint density at radius 2 is 1.78 bits per heavy atom. The molecule has 0 saturated carbocycles. The summed E-state index contributed by atoms with van der Waals surface area (Å²) in [5.41, 5.74) is 0.364. The summed E-state index contributed by atoms with van der Waals surface area (Å²) in [4.78, 5) is 11.6. The van der Waals surface area contributed by atoms with E-state index >= 15 is 0 Å². The van der Waals surface area contributed by atoms with Crippen LogP contribution in [0, 0.1) is 17.1 Å². The van der Waals surface area contributed by atoms with Crippen molar-refractivity contribution in [2.45, 2.75) is 0 Å². The fraction of sp³-hybridized carbons (Fsp3) is 0.176. The lowest BCUT2D eigenvalue weighted by atomic mass is 10.2. The lowest BCUT2D eigenvalue weighted by Gasteiger charge is -2.09. The molecule has 0 aliphatic heterocycles. The van der Waals surface area contributed by atoms with E-state index in [1.165, 1.54) is 12.1 Å². The maximum Gasteiger partial charge on any atom is 0.258 e. The van der Waals surface area contributed by atoms with Gasteiger partial charge < -0.3 is 14.8 Å². The highest BCUT2D eigenvalue weighted by Crippen LogP contribution is 2.16. The predicted molar refractivity (Wildman–Crippen MR) is 81.6 cm³/mol. The summed E-state index contributed by atoms with van der Waals surface area (Å²) in [7, 11) is 0. The van der Waals surface area contributed by atoms with Crippen LogP contribution in [0.3, 0.4) is 0 Å².